The van der Waals surface area contributed by atoms with Gasteiger partial charge in [-0.15, -0.1) is 0 Å². The number of benzene rings is 9. The van der Waals surface area contributed by atoms with Crippen LogP contribution in [0.5, 0.6) is 0 Å². The molecule has 0 aliphatic heterocycles. The van der Waals surface area contributed by atoms with Gasteiger partial charge in [0.15, 0.2) is 0 Å². The molecule has 0 saturated heterocycles. The van der Waals surface area contributed by atoms with Gasteiger partial charge in [0.2, 0.25) is 0 Å². The SMILES string of the molecule is C=C(/C=C\C)N(C(=C)/C=C\CC)c1c(C#N)c(-n2c3ccc(C(C)(C)C)cc3c3cc(C(C)(C)C)ccc32)c(-n2c3ccc(C(C)(C)C)cc3c3cc(C(C)(C)C)ccc32)c(-n2c3ccc(C(C)(C)C)cc3c3cc(C(C)(C)C)ccc32)c1-n1c2ccc(C(C)(C)C)cc2c2cc(C(C)(C)C)ccc21. The first kappa shape index (κ1) is 72.8. The third-order valence-electron chi connectivity index (χ3n) is 22.1. The molecule has 104 heavy (non-hydrogen) atoms. The maximum absolute atomic E-state index is 13.7. The van der Waals surface area contributed by atoms with E-state index in [0.29, 0.717) is 22.6 Å². The van der Waals surface area contributed by atoms with Crippen LogP contribution in [0.25, 0.3) is 110 Å². The van der Waals surface area contributed by atoms with Gasteiger partial charge in [-0.2, -0.15) is 5.26 Å². The fraction of sp³-hybridized carbons (Fsp3) is 0.357. The number of aromatic nitrogens is 4. The third-order valence-corrected chi connectivity index (χ3v) is 22.1. The zero-order valence-corrected chi connectivity index (χ0v) is 67.5. The Morgan fingerprint density at radius 3 is 0.731 bits per heavy atom. The first-order valence-corrected chi connectivity index (χ1v) is 37.9. The van der Waals surface area contributed by atoms with E-state index in [9.17, 15) is 5.26 Å². The third kappa shape index (κ3) is 12.2. The molecule has 0 aliphatic carbocycles. The molecular weight excluding hydrogens is 1260 g/mol. The summed E-state index contributed by atoms with van der Waals surface area (Å²) in [5.41, 5.74) is 22.2. The summed E-state index contributed by atoms with van der Waals surface area (Å²) in [6.45, 7) is 70.0. The van der Waals surface area contributed by atoms with E-state index in [-0.39, 0.29) is 43.3 Å². The van der Waals surface area contributed by atoms with E-state index < -0.39 is 0 Å². The summed E-state index contributed by atoms with van der Waals surface area (Å²) in [5.74, 6) is 0. The summed E-state index contributed by atoms with van der Waals surface area (Å²) < 4.78 is 10.2. The van der Waals surface area contributed by atoms with E-state index in [1.165, 1.54) is 44.5 Å². The standard InChI is InChI=1S/C98H112N6/c1-29-31-33-60(4)100(59(3)32-30-2)86-77(58-99)87(101-78-42-34-61(91(5,6)7)50-69(78)70-51-62(92(8,9)10)35-43-79(70)101)89(103-82-46-38-65(95(17,18)19)54-73(82)74-55-66(96(20,21)22)39-47-83(74)103)90(104-84-48-40-67(97(23,24)25)56-75(84)76-57-68(98(26,27)28)41-49-85(76)104)88(86)102-80-44-36-63(93(11,12)13)52-71(80)72-53-64(94(14,15)16)37-45-81(72)102/h30-57H,3-4,29H2,1-2,5-28H3/b32-30-,33-31-. The van der Waals surface area contributed by atoms with E-state index in [1.54, 1.807) is 0 Å². The van der Waals surface area contributed by atoms with E-state index in [0.717, 1.165) is 116 Å². The summed E-state index contributed by atoms with van der Waals surface area (Å²) in [6, 6.07) is 60.6. The number of allylic oxidation sites excluding steroid dienone is 4. The predicted octanol–water partition coefficient (Wildman–Crippen LogP) is 27.7. The van der Waals surface area contributed by atoms with Gasteiger partial charge < -0.3 is 23.2 Å². The highest BCUT2D eigenvalue weighted by Crippen LogP contribution is 2.55. The molecule has 0 N–H and O–H groups in total. The van der Waals surface area contributed by atoms with E-state index in [1.807, 2.05) is 0 Å². The van der Waals surface area contributed by atoms with Gasteiger partial charge in [-0.3, -0.25) is 0 Å². The van der Waals surface area contributed by atoms with Crippen molar-refractivity contribution in [2.24, 2.45) is 0 Å². The zero-order chi connectivity index (χ0) is 75.6. The Kier molecular flexibility index (Phi) is 17.3. The van der Waals surface area contributed by atoms with Crippen molar-refractivity contribution in [1.29, 1.82) is 5.26 Å². The van der Waals surface area contributed by atoms with Gasteiger partial charge in [-0.25, -0.2) is 0 Å². The molecule has 6 heteroatoms. The molecule has 0 unspecified atom stereocenters. The molecule has 13 rings (SSSR count). The zero-order valence-electron chi connectivity index (χ0n) is 67.5. The molecule has 0 spiro atoms. The molecule has 0 fully saturated rings. The smallest absolute Gasteiger partial charge is 0.105 e. The average molecular weight is 1370 g/mol. The molecule has 0 radical (unpaired) electrons. The number of hydrogen-bond acceptors (Lipinski definition) is 2. The lowest BCUT2D eigenvalue weighted by Crippen LogP contribution is -2.25. The second kappa shape index (κ2) is 24.8. The lowest BCUT2D eigenvalue weighted by Gasteiger charge is -2.35. The molecule has 4 aromatic heterocycles. The molecule has 9 aromatic carbocycles. The van der Waals surface area contributed by atoms with Gasteiger partial charge in [0.1, 0.15) is 11.6 Å². The lowest BCUT2D eigenvalue weighted by molar-refractivity contribution is 0.590. The summed E-state index contributed by atoms with van der Waals surface area (Å²) in [6.07, 6.45) is 9.21. The second-order valence-electron chi connectivity index (χ2n) is 38.1. The molecule has 6 nitrogen and oxygen atoms in total. The van der Waals surface area contributed by atoms with Gasteiger partial charge in [-0.05, 0) is 210 Å². The average Bonchev–Trinajstić information content (AvgIpc) is 1.48. The molecule has 0 amide bonds. The van der Waals surface area contributed by atoms with E-state index in [4.69, 9.17) is 13.2 Å². The Morgan fingerprint density at radius 1 is 0.327 bits per heavy atom. The van der Waals surface area contributed by atoms with Crippen LogP contribution in [0.4, 0.5) is 5.69 Å². The minimum Gasteiger partial charge on any atom is -0.308 e. The maximum atomic E-state index is 13.7. The Morgan fingerprint density at radius 2 is 0.529 bits per heavy atom. The Balaban J connectivity index is 1.48. The molecule has 0 atom stereocenters. The van der Waals surface area contributed by atoms with Crippen LogP contribution in [0.15, 0.2) is 194 Å². The fourth-order valence-electron chi connectivity index (χ4n) is 15.7. The highest BCUT2D eigenvalue weighted by Gasteiger charge is 2.39. The van der Waals surface area contributed by atoms with Crippen molar-refractivity contribution in [2.75, 3.05) is 4.90 Å². The van der Waals surface area contributed by atoms with Crippen LogP contribution in [0, 0.1) is 11.3 Å². The van der Waals surface area contributed by atoms with Crippen LogP contribution in [-0.4, -0.2) is 18.3 Å². The van der Waals surface area contributed by atoms with Gasteiger partial charge in [0.25, 0.3) is 0 Å². The lowest BCUT2D eigenvalue weighted by atomic mass is 9.85. The van der Waals surface area contributed by atoms with Crippen molar-refractivity contribution < 1.29 is 0 Å². The molecule has 4 heterocycles. The predicted molar refractivity (Wildman–Crippen MR) is 453 cm³/mol. The number of rotatable bonds is 10. The summed E-state index contributed by atoms with van der Waals surface area (Å²) in [4.78, 5) is 2.21. The maximum Gasteiger partial charge on any atom is 0.105 e. The number of hydrogen-bond donors (Lipinski definition) is 0. The molecule has 0 saturated carbocycles. The number of nitrogens with zero attached hydrogens (tertiary/aromatic N) is 6. The van der Waals surface area contributed by atoms with Gasteiger partial charge in [0.05, 0.1) is 72.6 Å². The van der Waals surface area contributed by atoms with Crippen molar-refractivity contribution in [1.82, 2.24) is 18.3 Å². The first-order chi connectivity index (χ1) is 48.4. The topological polar surface area (TPSA) is 46.8 Å². The van der Waals surface area contributed by atoms with Gasteiger partial charge in [0, 0.05) is 54.5 Å². The highest BCUT2D eigenvalue weighted by atomic mass is 15.2. The molecule has 13 aromatic rings. The van der Waals surface area contributed by atoms with Gasteiger partial charge in [-0.1, -0.05) is 247 Å². The monoisotopic (exact) mass is 1370 g/mol. The fourth-order valence-corrected chi connectivity index (χ4v) is 15.7. The van der Waals surface area contributed by atoms with Crippen molar-refractivity contribution in [2.45, 2.75) is 230 Å². The minimum absolute atomic E-state index is 0.185. The number of anilines is 1. The molecule has 0 bridgehead atoms. The summed E-state index contributed by atoms with van der Waals surface area (Å²) in [5, 5.41) is 22.8. The van der Waals surface area contributed by atoms with Gasteiger partial charge >= 0.3 is 0 Å². The largest absolute Gasteiger partial charge is 0.308 e. The number of fused-ring (bicyclic) bond motifs is 12. The summed E-state index contributed by atoms with van der Waals surface area (Å²) in [7, 11) is 0. The van der Waals surface area contributed by atoms with Crippen LogP contribution in [0.2, 0.25) is 0 Å². The Hall–Kier alpha value is -9.57. The first-order valence-electron chi connectivity index (χ1n) is 37.9. The Labute approximate surface area is 620 Å². The van der Waals surface area contributed by atoms with Crippen LogP contribution >= 0.6 is 0 Å². The highest BCUT2D eigenvalue weighted by molar-refractivity contribution is 6.18. The van der Waals surface area contributed by atoms with Crippen LogP contribution < -0.4 is 4.90 Å². The van der Waals surface area contributed by atoms with E-state index >= 15 is 0 Å². The van der Waals surface area contributed by atoms with Crippen molar-refractivity contribution >= 4 is 92.9 Å². The van der Waals surface area contributed by atoms with Crippen molar-refractivity contribution in [3.63, 3.8) is 0 Å². The van der Waals surface area contributed by atoms with E-state index in [2.05, 4.69) is 379 Å². The number of nitriles is 1. The normalized spacial score (nSPS) is 13.5. The molecule has 0 aliphatic rings. The van der Waals surface area contributed by atoms with Crippen LogP contribution in [-0.2, 0) is 43.3 Å². The molecule has 534 valence electrons. The van der Waals surface area contributed by atoms with Crippen molar-refractivity contribution in [3.05, 3.63) is 245 Å². The quantitative estimate of drug-likeness (QED) is 0.128. The molecular formula is C98H112N6. The summed E-state index contributed by atoms with van der Waals surface area (Å²) >= 11 is 0. The second-order valence-corrected chi connectivity index (χ2v) is 38.1. The minimum atomic E-state index is -0.187. The van der Waals surface area contributed by atoms with Crippen LogP contribution in [0.3, 0.4) is 0 Å². The van der Waals surface area contributed by atoms with Crippen molar-refractivity contribution in [3.8, 4) is 28.8 Å². The van der Waals surface area contributed by atoms with Crippen LogP contribution in [0.1, 0.15) is 237 Å². The Bertz CT molecular complexity index is 5550.